The maximum Gasteiger partial charge on any atom is 0.408 e. The van der Waals surface area contributed by atoms with Gasteiger partial charge in [0.25, 0.3) is 0 Å². The number of amides is 1. The molecule has 37 heavy (non-hydrogen) atoms. The third kappa shape index (κ3) is 4.49. The second kappa shape index (κ2) is 9.94. The summed E-state index contributed by atoms with van der Waals surface area (Å²) in [5.74, 6) is 0.483. The van der Waals surface area contributed by atoms with Gasteiger partial charge in [-0.2, -0.15) is 0 Å². The Balaban J connectivity index is 1.20. The molecule has 0 radical (unpaired) electrons. The minimum Gasteiger partial charge on any atom is -0.469 e. The molecule has 1 N–H and O–H groups in total. The van der Waals surface area contributed by atoms with Gasteiger partial charge in [0, 0.05) is 5.92 Å². The highest BCUT2D eigenvalue weighted by Crippen LogP contribution is 2.44. The predicted octanol–water partition coefficient (Wildman–Crippen LogP) is 6.82. The van der Waals surface area contributed by atoms with Gasteiger partial charge in [0.15, 0.2) is 0 Å². The molecule has 184 valence electrons. The first-order valence-corrected chi connectivity index (χ1v) is 12.6. The second-order valence-corrected chi connectivity index (χ2v) is 9.47. The van der Waals surface area contributed by atoms with Gasteiger partial charge >= 0.3 is 6.09 Å². The Labute approximate surface area is 216 Å². The van der Waals surface area contributed by atoms with E-state index in [2.05, 4.69) is 29.6 Å². The summed E-state index contributed by atoms with van der Waals surface area (Å²) in [4.78, 5) is 18.0. The molecule has 0 bridgehead atoms. The zero-order valence-corrected chi connectivity index (χ0v) is 20.6. The SMILES string of the molecule is C[C@@H]1N=C([C@@H](NC(=O)OCC2c3ccccc3-c3ccccc32)c2ccccc2)O[C@H]1c1ccccc1. The monoisotopic (exact) mass is 488 g/mol. The Bertz CT molecular complexity index is 1390. The van der Waals surface area contributed by atoms with E-state index in [9.17, 15) is 4.79 Å². The number of carbonyl (C=O) groups is 1. The first-order valence-electron chi connectivity index (χ1n) is 12.6. The molecule has 5 heteroatoms. The summed E-state index contributed by atoms with van der Waals surface area (Å²) in [5, 5.41) is 3.02. The summed E-state index contributed by atoms with van der Waals surface area (Å²) >= 11 is 0. The number of alkyl carbamates (subject to hydrolysis) is 1. The molecule has 0 saturated heterocycles. The van der Waals surface area contributed by atoms with Crippen molar-refractivity contribution in [3.8, 4) is 11.1 Å². The highest BCUT2D eigenvalue weighted by molar-refractivity contribution is 5.88. The Kier molecular flexibility index (Phi) is 6.19. The normalized spacial score (nSPS) is 18.8. The van der Waals surface area contributed by atoms with E-state index in [1.165, 1.54) is 22.3 Å². The Morgan fingerprint density at radius 3 is 2.05 bits per heavy atom. The second-order valence-electron chi connectivity index (χ2n) is 9.47. The lowest BCUT2D eigenvalue weighted by atomic mass is 9.98. The number of hydrogen-bond donors (Lipinski definition) is 1. The van der Waals surface area contributed by atoms with E-state index >= 15 is 0 Å². The van der Waals surface area contributed by atoms with Crippen LogP contribution >= 0.6 is 0 Å². The van der Waals surface area contributed by atoms with Crippen LogP contribution in [0.3, 0.4) is 0 Å². The molecule has 5 nitrogen and oxygen atoms in total. The number of carbonyl (C=O) groups excluding carboxylic acids is 1. The van der Waals surface area contributed by atoms with Crippen molar-refractivity contribution in [3.63, 3.8) is 0 Å². The number of ether oxygens (including phenoxy) is 2. The van der Waals surface area contributed by atoms with Crippen molar-refractivity contribution in [2.75, 3.05) is 6.61 Å². The summed E-state index contributed by atoms with van der Waals surface area (Å²) < 4.78 is 12.2. The third-order valence-corrected chi connectivity index (χ3v) is 7.13. The van der Waals surface area contributed by atoms with Crippen LogP contribution in [0.1, 0.15) is 47.2 Å². The van der Waals surface area contributed by atoms with Gasteiger partial charge in [-0.15, -0.1) is 0 Å². The average molecular weight is 489 g/mol. The number of hydrogen-bond acceptors (Lipinski definition) is 4. The fourth-order valence-electron chi connectivity index (χ4n) is 5.35. The van der Waals surface area contributed by atoms with E-state index in [0.717, 1.165) is 11.1 Å². The van der Waals surface area contributed by atoms with Crippen LogP contribution in [0.4, 0.5) is 4.79 Å². The summed E-state index contributed by atoms with van der Waals surface area (Å²) in [7, 11) is 0. The molecule has 2 aliphatic rings. The van der Waals surface area contributed by atoms with Crippen LogP contribution in [0, 0.1) is 0 Å². The molecule has 0 fully saturated rings. The van der Waals surface area contributed by atoms with Gasteiger partial charge in [0.1, 0.15) is 18.8 Å². The summed E-state index contributed by atoms with van der Waals surface area (Å²) in [5.41, 5.74) is 6.70. The molecule has 3 atom stereocenters. The van der Waals surface area contributed by atoms with Crippen molar-refractivity contribution in [1.82, 2.24) is 5.32 Å². The molecule has 0 aromatic heterocycles. The molecule has 0 spiro atoms. The molecule has 1 aliphatic heterocycles. The zero-order valence-electron chi connectivity index (χ0n) is 20.6. The molecule has 4 aromatic carbocycles. The topological polar surface area (TPSA) is 59.9 Å². The van der Waals surface area contributed by atoms with Gasteiger partial charge in [-0.05, 0) is 40.3 Å². The molecule has 1 aliphatic carbocycles. The molecular formula is C32H28N2O3. The van der Waals surface area contributed by atoms with Crippen LogP contribution in [-0.2, 0) is 9.47 Å². The predicted molar refractivity (Wildman–Crippen MR) is 145 cm³/mol. The number of nitrogens with one attached hydrogen (secondary N) is 1. The molecule has 1 amide bonds. The van der Waals surface area contributed by atoms with Crippen LogP contribution < -0.4 is 5.32 Å². The van der Waals surface area contributed by atoms with Gasteiger partial charge in [-0.25, -0.2) is 9.79 Å². The summed E-state index contributed by atoms with van der Waals surface area (Å²) in [6.07, 6.45) is -0.704. The van der Waals surface area contributed by atoms with E-state index in [1.54, 1.807) is 0 Å². The fraction of sp³-hybridized carbons (Fsp3) is 0.188. The first-order chi connectivity index (χ1) is 18.2. The summed E-state index contributed by atoms with van der Waals surface area (Å²) in [6.45, 7) is 2.28. The van der Waals surface area contributed by atoms with Crippen LogP contribution in [0.2, 0.25) is 0 Å². The fourth-order valence-corrected chi connectivity index (χ4v) is 5.35. The quantitative estimate of drug-likeness (QED) is 0.324. The average Bonchev–Trinajstić information content (AvgIpc) is 3.49. The lowest BCUT2D eigenvalue weighted by Gasteiger charge is -2.22. The Hall–Kier alpha value is -4.38. The maximum absolute atomic E-state index is 13.2. The van der Waals surface area contributed by atoms with E-state index in [4.69, 9.17) is 14.5 Å². The van der Waals surface area contributed by atoms with Gasteiger partial charge in [-0.1, -0.05) is 109 Å². The van der Waals surface area contributed by atoms with E-state index in [-0.39, 0.29) is 24.7 Å². The first kappa shape index (κ1) is 23.0. The number of benzene rings is 4. The van der Waals surface area contributed by atoms with E-state index in [1.807, 2.05) is 91.9 Å². The van der Waals surface area contributed by atoms with Crippen molar-refractivity contribution in [2.45, 2.75) is 31.0 Å². The van der Waals surface area contributed by atoms with Gasteiger partial charge in [-0.3, -0.25) is 0 Å². The minimum absolute atomic E-state index is 0.00382. The maximum atomic E-state index is 13.2. The number of fused-ring (bicyclic) bond motifs is 3. The lowest BCUT2D eigenvalue weighted by molar-refractivity contribution is 0.138. The molecule has 0 saturated carbocycles. The smallest absolute Gasteiger partial charge is 0.408 e. The molecule has 0 unspecified atom stereocenters. The van der Waals surface area contributed by atoms with Crippen molar-refractivity contribution in [3.05, 3.63) is 131 Å². The van der Waals surface area contributed by atoms with Crippen molar-refractivity contribution >= 4 is 12.0 Å². The Morgan fingerprint density at radius 1 is 0.838 bits per heavy atom. The van der Waals surface area contributed by atoms with E-state index in [0.29, 0.717) is 5.90 Å². The molecular weight excluding hydrogens is 460 g/mol. The lowest BCUT2D eigenvalue weighted by Crippen LogP contribution is -2.35. The minimum atomic E-state index is -0.548. The third-order valence-electron chi connectivity index (χ3n) is 7.13. The highest BCUT2D eigenvalue weighted by atomic mass is 16.6. The standard InChI is InChI=1S/C32H28N2O3/c1-21-30(23-14-6-3-7-15-23)37-31(33-21)29(22-12-4-2-5-13-22)34-32(35)36-20-28-26-18-10-8-16-24(26)25-17-9-11-19-27(25)28/h2-19,21,28-30H,20H2,1H3,(H,34,35)/t21-,29-,30+/m0/s1. The van der Waals surface area contributed by atoms with Gasteiger partial charge < -0.3 is 14.8 Å². The highest BCUT2D eigenvalue weighted by Gasteiger charge is 2.35. The Morgan fingerprint density at radius 2 is 1.41 bits per heavy atom. The van der Waals surface area contributed by atoms with E-state index < -0.39 is 12.1 Å². The number of nitrogens with zero attached hydrogens (tertiary/aromatic N) is 1. The molecule has 6 rings (SSSR count). The van der Waals surface area contributed by atoms with Gasteiger partial charge in [0.05, 0.1) is 6.04 Å². The summed E-state index contributed by atoms with van der Waals surface area (Å²) in [6, 6.07) is 35.8. The van der Waals surface area contributed by atoms with Gasteiger partial charge in [0.2, 0.25) is 5.90 Å². The zero-order chi connectivity index (χ0) is 25.2. The van der Waals surface area contributed by atoms with Crippen molar-refractivity contribution in [2.24, 2.45) is 4.99 Å². The van der Waals surface area contributed by atoms with Crippen LogP contribution in [-0.4, -0.2) is 24.6 Å². The molecule has 1 heterocycles. The van der Waals surface area contributed by atoms with Crippen LogP contribution in [0.15, 0.2) is 114 Å². The van der Waals surface area contributed by atoms with Crippen LogP contribution in [0.25, 0.3) is 11.1 Å². The van der Waals surface area contributed by atoms with Crippen molar-refractivity contribution < 1.29 is 14.3 Å². The van der Waals surface area contributed by atoms with Crippen molar-refractivity contribution in [1.29, 1.82) is 0 Å². The number of aliphatic imine (C=N–C) groups is 1. The van der Waals surface area contributed by atoms with Crippen LogP contribution in [0.5, 0.6) is 0 Å². The number of rotatable bonds is 6. The molecule has 4 aromatic rings. The largest absolute Gasteiger partial charge is 0.469 e.